The van der Waals surface area contributed by atoms with Crippen LogP contribution in [0.15, 0.2) is 23.8 Å². The highest BCUT2D eigenvalue weighted by Gasteiger charge is 2.50. The monoisotopic (exact) mass is 248 g/mol. The number of ketones is 2. The van der Waals surface area contributed by atoms with E-state index in [-0.39, 0.29) is 23.5 Å². The van der Waals surface area contributed by atoms with E-state index in [9.17, 15) is 14.4 Å². The van der Waals surface area contributed by atoms with Crippen LogP contribution in [0.5, 0.6) is 0 Å². The first-order valence-electron chi connectivity index (χ1n) is 6.00. The first kappa shape index (κ1) is 12.7. The zero-order valence-electron chi connectivity index (χ0n) is 10.7. The molecule has 0 aromatic rings. The topological polar surface area (TPSA) is 60.4 Å². The molecule has 3 atom stereocenters. The molecule has 4 heteroatoms. The Kier molecular flexibility index (Phi) is 2.97. The Morgan fingerprint density at radius 3 is 2.72 bits per heavy atom. The Labute approximate surface area is 106 Å². The minimum Gasteiger partial charge on any atom is -0.457 e. The zero-order chi connectivity index (χ0) is 13.5. The van der Waals surface area contributed by atoms with Gasteiger partial charge in [-0.1, -0.05) is 13.8 Å². The maximum Gasteiger partial charge on any atom is 0.303 e. The number of carbonyl (C=O) groups excluding carboxylic acids is 3. The van der Waals surface area contributed by atoms with Crippen molar-refractivity contribution >= 4 is 17.5 Å². The van der Waals surface area contributed by atoms with E-state index in [4.69, 9.17) is 4.74 Å². The highest BCUT2D eigenvalue weighted by molar-refractivity contribution is 6.11. The van der Waals surface area contributed by atoms with Gasteiger partial charge in [-0.15, -0.1) is 0 Å². The molecule has 0 heterocycles. The van der Waals surface area contributed by atoms with Crippen LogP contribution in [0.4, 0.5) is 0 Å². The van der Waals surface area contributed by atoms with E-state index < -0.39 is 11.5 Å². The van der Waals surface area contributed by atoms with Crippen LogP contribution in [0.25, 0.3) is 0 Å². The minimum absolute atomic E-state index is 0.0387. The number of esters is 1. The third-order valence-electron chi connectivity index (χ3n) is 3.99. The fourth-order valence-corrected chi connectivity index (χ4v) is 2.73. The lowest BCUT2D eigenvalue weighted by atomic mass is 9.60. The zero-order valence-corrected chi connectivity index (χ0v) is 10.7. The van der Waals surface area contributed by atoms with Gasteiger partial charge in [-0.2, -0.15) is 0 Å². The van der Waals surface area contributed by atoms with Gasteiger partial charge in [0, 0.05) is 24.3 Å². The fraction of sp³-hybridized carbons (Fsp3) is 0.500. The van der Waals surface area contributed by atoms with Crippen molar-refractivity contribution in [2.45, 2.75) is 33.3 Å². The SMILES string of the molecule is CC(=O)OC1C=CC(=O)C2=CC(=O)CC(C)C21C. The molecule has 0 N–H and O–H groups in total. The van der Waals surface area contributed by atoms with Crippen LogP contribution >= 0.6 is 0 Å². The summed E-state index contributed by atoms with van der Waals surface area (Å²) in [5, 5.41) is 0. The van der Waals surface area contributed by atoms with Crippen molar-refractivity contribution in [2.75, 3.05) is 0 Å². The first-order chi connectivity index (χ1) is 8.35. The molecule has 0 radical (unpaired) electrons. The average molecular weight is 248 g/mol. The lowest BCUT2D eigenvalue weighted by Gasteiger charge is -2.45. The van der Waals surface area contributed by atoms with E-state index in [0.29, 0.717) is 12.0 Å². The third-order valence-corrected chi connectivity index (χ3v) is 3.99. The number of fused-ring (bicyclic) bond motifs is 1. The van der Waals surface area contributed by atoms with E-state index in [1.807, 2.05) is 13.8 Å². The Hall–Kier alpha value is -1.71. The van der Waals surface area contributed by atoms with Crippen LogP contribution < -0.4 is 0 Å². The van der Waals surface area contributed by atoms with Gasteiger partial charge in [-0.05, 0) is 24.1 Å². The number of ether oxygens (including phenoxy) is 1. The van der Waals surface area contributed by atoms with Crippen LogP contribution in [0.1, 0.15) is 27.2 Å². The summed E-state index contributed by atoms with van der Waals surface area (Å²) in [5.41, 5.74) is -0.147. The van der Waals surface area contributed by atoms with E-state index in [2.05, 4.69) is 0 Å². The number of hydrogen-bond acceptors (Lipinski definition) is 4. The average Bonchev–Trinajstić information content (AvgIpc) is 2.26. The predicted molar refractivity (Wildman–Crippen MR) is 64.7 cm³/mol. The molecule has 0 saturated carbocycles. The number of rotatable bonds is 1. The Balaban J connectivity index is 2.51. The van der Waals surface area contributed by atoms with Crippen molar-refractivity contribution < 1.29 is 19.1 Å². The van der Waals surface area contributed by atoms with E-state index in [1.54, 1.807) is 6.08 Å². The molecule has 0 aromatic carbocycles. The lowest BCUT2D eigenvalue weighted by Crippen LogP contribution is -2.48. The molecule has 0 amide bonds. The lowest BCUT2D eigenvalue weighted by molar-refractivity contribution is -0.151. The summed E-state index contributed by atoms with van der Waals surface area (Å²) in [6, 6.07) is 0. The molecule has 0 aliphatic heterocycles. The molecular formula is C14H16O4. The van der Waals surface area contributed by atoms with E-state index in [1.165, 1.54) is 19.1 Å². The maximum atomic E-state index is 11.9. The fourth-order valence-electron chi connectivity index (χ4n) is 2.73. The van der Waals surface area contributed by atoms with Crippen molar-refractivity contribution in [3.63, 3.8) is 0 Å². The molecule has 2 aliphatic rings. The van der Waals surface area contributed by atoms with Gasteiger partial charge < -0.3 is 4.74 Å². The largest absolute Gasteiger partial charge is 0.457 e. The molecule has 4 nitrogen and oxygen atoms in total. The van der Waals surface area contributed by atoms with Gasteiger partial charge in [-0.3, -0.25) is 14.4 Å². The van der Waals surface area contributed by atoms with Crippen LogP contribution in [0.2, 0.25) is 0 Å². The molecule has 2 aliphatic carbocycles. The van der Waals surface area contributed by atoms with Gasteiger partial charge in [0.2, 0.25) is 0 Å². The Morgan fingerprint density at radius 2 is 2.11 bits per heavy atom. The summed E-state index contributed by atoms with van der Waals surface area (Å²) in [7, 11) is 0. The highest BCUT2D eigenvalue weighted by Crippen LogP contribution is 2.47. The van der Waals surface area contributed by atoms with Gasteiger partial charge in [-0.25, -0.2) is 0 Å². The summed E-state index contributed by atoms with van der Waals surface area (Å²) >= 11 is 0. The van der Waals surface area contributed by atoms with Crippen molar-refractivity contribution in [1.82, 2.24) is 0 Å². The normalized spacial score (nSPS) is 34.9. The van der Waals surface area contributed by atoms with Crippen molar-refractivity contribution in [2.24, 2.45) is 11.3 Å². The third kappa shape index (κ3) is 1.82. The summed E-state index contributed by atoms with van der Waals surface area (Å²) in [6.07, 6.45) is 4.29. The van der Waals surface area contributed by atoms with E-state index >= 15 is 0 Å². The Morgan fingerprint density at radius 1 is 1.44 bits per heavy atom. The van der Waals surface area contributed by atoms with Crippen molar-refractivity contribution in [1.29, 1.82) is 0 Å². The van der Waals surface area contributed by atoms with Crippen LogP contribution in [0.3, 0.4) is 0 Å². The molecule has 0 spiro atoms. The van der Waals surface area contributed by atoms with Crippen LogP contribution in [-0.2, 0) is 19.1 Å². The smallest absolute Gasteiger partial charge is 0.303 e. The van der Waals surface area contributed by atoms with Gasteiger partial charge in [0.1, 0.15) is 6.10 Å². The molecule has 0 fully saturated rings. The summed E-state index contributed by atoms with van der Waals surface area (Å²) < 4.78 is 5.29. The minimum atomic E-state index is -0.606. The van der Waals surface area contributed by atoms with Crippen molar-refractivity contribution in [3.05, 3.63) is 23.8 Å². The molecule has 96 valence electrons. The number of hydrogen-bond donors (Lipinski definition) is 0. The molecule has 3 unspecified atom stereocenters. The van der Waals surface area contributed by atoms with Gasteiger partial charge in [0.15, 0.2) is 11.6 Å². The summed E-state index contributed by atoms with van der Waals surface area (Å²) in [6.45, 7) is 5.13. The van der Waals surface area contributed by atoms with Crippen LogP contribution in [-0.4, -0.2) is 23.6 Å². The highest BCUT2D eigenvalue weighted by atomic mass is 16.5. The molecule has 0 aromatic heterocycles. The van der Waals surface area contributed by atoms with Gasteiger partial charge in [0.25, 0.3) is 0 Å². The summed E-state index contributed by atoms with van der Waals surface area (Å²) in [5.74, 6) is -0.632. The standard InChI is InChI=1S/C14H16O4/c1-8-6-10(16)7-11-12(17)4-5-13(14(8,11)3)18-9(2)15/h4-5,7-8,13H,6H2,1-3H3. The number of allylic oxidation sites excluding steroid dienone is 2. The predicted octanol–water partition coefficient (Wildman–Crippen LogP) is 1.60. The Bertz CT molecular complexity index is 486. The molecular weight excluding hydrogens is 232 g/mol. The maximum absolute atomic E-state index is 11.9. The van der Waals surface area contributed by atoms with Gasteiger partial charge in [0.05, 0.1) is 0 Å². The first-order valence-corrected chi connectivity index (χ1v) is 6.00. The van der Waals surface area contributed by atoms with Gasteiger partial charge >= 0.3 is 5.97 Å². The summed E-state index contributed by atoms with van der Waals surface area (Å²) in [4.78, 5) is 34.6. The van der Waals surface area contributed by atoms with Crippen molar-refractivity contribution in [3.8, 4) is 0 Å². The van der Waals surface area contributed by atoms with Crippen LogP contribution in [0, 0.1) is 11.3 Å². The molecule has 0 bridgehead atoms. The number of carbonyl (C=O) groups is 3. The molecule has 2 rings (SSSR count). The second-order valence-corrected chi connectivity index (χ2v) is 5.17. The van der Waals surface area contributed by atoms with E-state index in [0.717, 1.165) is 0 Å². The second-order valence-electron chi connectivity index (χ2n) is 5.17. The molecule has 0 saturated heterocycles. The second kappa shape index (κ2) is 4.19. The quantitative estimate of drug-likeness (QED) is 0.661. The molecule has 18 heavy (non-hydrogen) atoms.